The number of aryl methyl sites for hydroxylation is 1. The second kappa shape index (κ2) is 5.60. The van der Waals surface area contributed by atoms with Crippen molar-refractivity contribution >= 4 is 11.5 Å². The number of benzene rings is 1. The molecule has 0 saturated carbocycles. The first kappa shape index (κ1) is 12.5. The van der Waals surface area contributed by atoms with Crippen LogP contribution in [0.3, 0.4) is 0 Å². The number of hydrogen-bond donors (Lipinski definition) is 1. The zero-order valence-corrected chi connectivity index (χ0v) is 10.7. The zero-order valence-electron chi connectivity index (χ0n) is 10.7. The Bertz CT molecular complexity index is 511. The van der Waals surface area contributed by atoms with Crippen molar-refractivity contribution in [1.29, 1.82) is 0 Å². The molecule has 1 aromatic carbocycles. The van der Waals surface area contributed by atoms with Crippen LogP contribution in [0.25, 0.3) is 0 Å². The number of nitrogens with zero attached hydrogens (tertiary/aromatic N) is 3. The summed E-state index contributed by atoms with van der Waals surface area (Å²) < 4.78 is 0. The molecule has 1 N–H and O–H groups in total. The second-order valence-corrected chi connectivity index (χ2v) is 4.11. The molecule has 0 aliphatic heterocycles. The molecule has 0 atom stereocenters. The van der Waals surface area contributed by atoms with Gasteiger partial charge in [-0.05, 0) is 24.1 Å². The Morgan fingerprint density at radius 1 is 1.17 bits per heavy atom. The fraction of sp³-hybridized carbons (Fsp3) is 0.286. The monoisotopic (exact) mass is 243 g/mol. The van der Waals surface area contributed by atoms with Crippen LogP contribution in [-0.4, -0.2) is 22.1 Å². The van der Waals surface area contributed by atoms with E-state index in [1.54, 1.807) is 12.4 Å². The van der Waals surface area contributed by atoms with Crippen molar-refractivity contribution in [1.82, 2.24) is 9.97 Å². The van der Waals surface area contributed by atoms with Crippen LogP contribution < -0.4 is 4.90 Å². The number of hydrogen-bond acceptors (Lipinski definition) is 4. The Balaban J connectivity index is 2.25. The Morgan fingerprint density at radius 3 is 2.50 bits per heavy atom. The standard InChI is InChI=1S/C14H17N3O/c1-3-11-4-6-13(7-5-11)17(2)14-9-15-8-12(10-18)16-14/h4-9,18H,3,10H2,1-2H3. The van der Waals surface area contributed by atoms with E-state index in [9.17, 15) is 0 Å². The van der Waals surface area contributed by atoms with Gasteiger partial charge in [0.05, 0.1) is 24.7 Å². The van der Waals surface area contributed by atoms with Crippen LogP contribution in [-0.2, 0) is 13.0 Å². The van der Waals surface area contributed by atoms with E-state index >= 15 is 0 Å². The molecule has 0 amide bonds. The highest BCUT2D eigenvalue weighted by atomic mass is 16.3. The summed E-state index contributed by atoms with van der Waals surface area (Å²) >= 11 is 0. The predicted molar refractivity (Wildman–Crippen MR) is 71.8 cm³/mol. The molecule has 94 valence electrons. The maximum absolute atomic E-state index is 9.06. The first-order chi connectivity index (χ1) is 8.74. The second-order valence-electron chi connectivity index (χ2n) is 4.11. The van der Waals surface area contributed by atoms with Crippen LogP contribution in [0.4, 0.5) is 11.5 Å². The van der Waals surface area contributed by atoms with Gasteiger partial charge in [0, 0.05) is 12.7 Å². The van der Waals surface area contributed by atoms with E-state index in [4.69, 9.17) is 5.11 Å². The maximum atomic E-state index is 9.06. The highest BCUT2D eigenvalue weighted by Gasteiger charge is 2.06. The Morgan fingerprint density at radius 2 is 1.89 bits per heavy atom. The third-order valence-corrected chi connectivity index (χ3v) is 2.91. The minimum atomic E-state index is -0.0938. The Labute approximate surface area is 107 Å². The first-order valence-electron chi connectivity index (χ1n) is 5.99. The van der Waals surface area contributed by atoms with Crippen molar-refractivity contribution in [2.24, 2.45) is 0 Å². The van der Waals surface area contributed by atoms with E-state index in [-0.39, 0.29) is 6.61 Å². The number of aliphatic hydroxyl groups excluding tert-OH is 1. The molecular weight excluding hydrogens is 226 g/mol. The number of aliphatic hydroxyl groups is 1. The number of aromatic nitrogens is 2. The summed E-state index contributed by atoms with van der Waals surface area (Å²) in [6, 6.07) is 8.34. The first-order valence-corrected chi connectivity index (χ1v) is 5.99. The van der Waals surface area contributed by atoms with Crippen LogP contribution in [0.5, 0.6) is 0 Å². The van der Waals surface area contributed by atoms with Crippen molar-refractivity contribution in [3.63, 3.8) is 0 Å². The fourth-order valence-electron chi connectivity index (χ4n) is 1.72. The molecule has 0 radical (unpaired) electrons. The van der Waals surface area contributed by atoms with Crippen molar-refractivity contribution in [2.75, 3.05) is 11.9 Å². The molecule has 0 saturated heterocycles. The molecule has 0 unspecified atom stereocenters. The van der Waals surface area contributed by atoms with Crippen molar-refractivity contribution in [3.8, 4) is 0 Å². The van der Waals surface area contributed by atoms with Gasteiger partial charge in [-0.3, -0.25) is 4.98 Å². The molecule has 0 aliphatic carbocycles. The van der Waals surface area contributed by atoms with Crippen LogP contribution in [0.2, 0.25) is 0 Å². The Hall–Kier alpha value is -1.94. The predicted octanol–water partition coefficient (Wildman–Crippen LogP) is 2.30. The summed E-state index contributed by atoms with van der Waals surface area (Å²) in [6.45, 7) is 2.04. The summed E-state index contributed by atoms with van der Waals surface area (Å²) in [5.41, 5.74) is 2.93. The summed E-state index contributed by atoms with van der Waals surface area (Å²) in [5, 5.41) is 9.06. The van der Waals surface area contributed by atoms with Crippen molar-refractivity contribution in [3.05, 3.63) is 47.9 Å². The normalized spacial score (nSPS) is 10.4. The average Bonchev–Trinajstić information content (AvgIpc) is 2.46. The van der Waals surface area contributed by atoms with E-state index in [0.717, 1.165) is 17.9 Å². The van der Waals surface area contributed by atoms with Gasteiger partial charge in [-0.15, -0.1) is 0 Å². The minimum Gasteiger partial charge on any atom is -0.390 e. The third-order valence-electron chi connectivity index (χ3n) is 2.91. The molecule has 0 fully saturated rings. The summed E-state index contributed by atoms with van der Waals surface area (Å²) in [7, 11) is 1.94. The van der Waals surface area contributed by atoms with Gasteiger partial charge in [-0.1, -0.05) is 19.1 Å². The molecule has 1 aromatic heterocycles. The highest BCUT2D eigenvalue weighted by molar-refractivity contribution is 5.58. The van der Waals surface area contributed by atoms with E-state index < -0.39 is 0 Å². The molecule has 0 bridgehead atoms. The van der Waals surface area contributed by atoms with Crippen molar-refractivity contribution < 1.29 is 5.11 Å². The SMILES string of the molecule is CCc1ccc(N(C)c2cncc(CO)n2)cc1. The molecule has 2 rings (SSSR count). The largest absolute Gasteiger partial charge is 0.390 e. The molecule has 0 spiro atoms. The van der Waals surface area contributed by atoms with E-state index in [2.05, 4.69) is 41.2 Å². The average molecular weight is 243 g/mol. The van der Waals surface area contributed by atoms with Crippen LogP contribution >= 0.6 is 0 Å². The molecule has 1 heterocycles. The molecule has 0 aliphatic rings. The quantitative estimate of drug-likeness (QED) is 0.895. The van der Waals surface area contributed by atoms with Crippen LogP contribution in [0, 0.1) is 0 Å². The van der Waals surface area contributed by atoms with Gasteiger partial charge in [-0.25, -0.2) is 4.98 Å². The molecule has 18 heavy (non-hydrogen) atoms. The van der Waals surface area contributed by atoms with Crippen molar-refractivity contribution in [2.45, 2.75) is 20.0 Å². The lowest BCUT2D eigenvalue weighted by atomic mass is 10.1. The van der Waals surface area contributed by atoms with Gasteiger partial charge in [0.15, 0.2) is 5.82 Å². The van der Waals surface area contributed by atoms with Crippen LogP contribution in [0.1, 0.15) is 18.2 Å². The molecule has 4 nitrogen and oxygen atoms in total. The van der Waals surface area contributed by atoms with Crippen LogP contribution in [0.15, 0.2) is 36.7 Å². The smallest absolute Gasteiger partial charge is 0.151 e. The number of rotatable bonds is 4. The lowest BCUT2D eigenvalue weighted by Crippen LogP contribution is -2.12. The molecular formula is C14H17N3O. The third kappa shape index (κ3) is 2.65. The summed E-state index contributed by atoms with van der Waals surface area (Å²) in [5.74, 6) is 0.728. The summed E-state index contributed by atoms with van der Waals surface area (Å²) in [6.07, 6.45) is 4.29. The van der Waals surface area contributed by atoms with E-state index in [1.807, 2.05) is 11.9 Å². The lowest BCUT2D eigenvalue weighted by molar-refractivity contribution is 0.276. The van der Waals surface area contributed by atoms with E-state index in [1.165, 1.54) is 5.56 Å². The molecule has 2 aromatic rings. The maximum Gasteiger partial charge on any atom is 0.151 e. The van der Waals surface area contributed by atoms with Gasteiger partial charge < -0.3 is 10.0 Å². The van der Waals surface area contributed by atoms with Gasteiger partial charge in [0.25, 0.3) is 0 Å². The van der Waals surface area contributed by atoms with Gasteiger partial charge in [0.2, 0.25) is 0 Å². The van der Waals surface area contributed by atoms with Gasteiger partial charge in [0.1, 0.15) is 0 Å². The van der Waals surface area contributed by atoms with E-state index in [0.29, 0.717) is 5.69 Å². The summed E-state index contributed by atoms with van der Waals surface area (Å²) in [4.78, 5) is 10.3. The molecule has 4 heteroatoms. The number of anilines is 2. The topological polar surface area (TPSA) is 49.2 Å². The zero-order chi connectivity index (χ0) is 13.0. The minimum absolute atomic E-state index is 0.0938. The Kier molecular flexibility index (Phi) is 3.89. The highest BCUT2D eigenvalue weighted by Crippen LogP contribution is 2.21. The van der Waals surface area contributed by atoms with Gasteiger partial charge in [-0.2, -0.15) is 0 Å². The fourth-order valence-corrected chi connectivity index (χ4v) is 1.72. The lowest BCUT2D eigenvalue weighted by Gasteiger charge is -2.18. The van der Waals surface area contributed by atoms with Gasteiger partial charge >= 0.3 is 0 Å².